The fraction of sp³-hybridized carbons (Fsp3) is 0.214. The van der Waals surface area contributed by atoms with Crippen molar-refractivity contribution in [1.82, 2.24) is 14.8 Å². The van der Waals surface area contributed by atoms with Gasteiger partial charge in [-0.15, -0.1) is 0 Å². The Kier molecular flexibility index (Phi) is 3.06. The molecule has 0 unspecified atom stereocenters. The lowest BCUT2D eigenvalue weighted by Gasteiger charge is -2.32. The highest BCUT2D eigenvalue weighted by atomic mass is 32.1. The van der Waals surface area contributed by atoms with Crippen molar-refractivity contribution in [3.63, 3.8) is 0 Å². The lowest BCUT2D eigenvalue weighted by molar-refractivity contribution is -0.115. The smallest absolute Gasteiger partial charge is 0.278 e. The Bertz CT molecular complexity index is 831. The van der Waals surface area contributed by atoms with Crippen LogP contribution in [-0.4, -0.2) is 31.3 Å². The molecule has 22 heavy (non-hydrogen) atoms. The highest BCUT2D eigenvalue weighted by Crippen LogP contribution is 2.36. The average Bonchev–Trinajstić information content (AvgIpc) is 2.97. The summed E-state index contributed by atoms with van der Waals surface area (Å²) in [5, 5.41) is 16.6. The van der Waals surface area contributed by atoms with Gasteiger partial charge in [0.25, 0.3) is 5.91 Å². The summed E-state index contributed by atoms with van der Waals surface area (Å²) in [7, 11) is 0. The molecule has 1 amide bonds. The van der Waals surface area contributed by atoms with Gasteiger partial charge in [0, 0.05) is 11.4 Å². The molecular formula is C14H15N5O2S. The second-order valence-corrected chi connectivity index (χ2v) is 5.90. The van der Waals surface area contributed by atoms with Gasteiger partial charge in [0.1, 0.15) is 23.3 Å². The first kappa shape index (κ1) is 14.3. The first-order valence-corrected chi connectivity index (χ1v) is 7.01. The molecule has 1 aromatic carbocycles. The van der Waals surface area contributed by atoms with Gasteiger partial charge in [-0.05, 0) is 50.3 Å². The van der Waals surface area contributed by atoms with Gasteiger partial charge in [-0.25, -0.2) is 0 Å². The number of nitrogens with two attached hydrogens (primary N) is 1. The Morgan fingerprint density at radius 2 is 1.86 bits per heavy atom. The number of rotatable bonds is 2. The van der Waals surface area contributed by atoms with Gasteiger partial charge in [-0.3, -0.25) is 19.4 Å². The molecule has 7 nitrogen and oxygen atoms in total. The van der Waals surface area contributed by atoms with Crippen molar-refractivity contribution in [3.05, 3.63) is 46.8 Å². The van der Waals surface area contributed by atoms with E-state index < -0.39 is 11.4 Å². The van der Waals surface area contributed by atoms with E-state index in [1.165, 1.54) is 4.90 Å². The largest absolute Gasteiger partial charge is 0.507 e. The number of aromatic nitrogens is 3. The number of benzene rings is 1. The van der Waals surface area contributed by atoms with E-state index in [-0.39, 0.29) is 11.5 Å². The number of hydrogen-bond acceptors (Lipinski definition) is 5. The van der Waals surface area contributed by atoms with Crippen LogP contribution in [0.15, 0.2) is 42.0 Å². The zero-order valence-corrected chi connectivity index (χ0v) is 12.9. The van der Waals surface area contributed by atoms with Crippen LogP contribution in [0.4, 0.5) is 5.69 Å². The van der Waals surface area contributed by atoms with Crippen molar-refractivity contribution >= 4 is 23.8 Å². The summed E-state index contributed by atoms with van der Waals surface area (Å²) >= 11 is 5.12. The summed E-state index contributed by atoms with van der Waals surface area (Å²) in [4.78, 5) is 13.7. The predicted molar refractivity (Wildman–Crippen MR) is 84.2 cm³/mol. The molecule has 0 radical (unpaired) electrons. The van der Waals surface area contributed by atoms with E-state index in [0.717, 1.165) is 5.69 Å². The number of anilines is 1. The minimum Gasteiger partial charge on any atom is -0.507 e. The number of carbonyl (C=O) groups is 1. The lowest BCUT2D eigenvalue weighted by Crippen LogP contribution is -2.44. The van der Waals surface area contributed by atoms with Crippen LogP contribution < -0.4 is 10.6 Å². The summed E-state index contributed by atoms with van der Waals surface area (Å²) in [6.07, 6.45) is 1.58. The van der Waals surface area contributed by atoms with E-state index in [4.69, 9.17) is 18.0 Å². The molecule has 1 aliphatic rings. The minimum absolute atomic E-state index is 0.112. The maximum Gasteiger partial charge on any atom is 0.278 e. The van der Waals surface area contributed by atoms with Crippen LogP contribution >= 0.6 is 12.2 Å². The van der Waals surface area contributed by atoms with Gasteiger partial charge in [0.2, 0.25) is 0 Å². The molecule has 1 aromatic heterocycles. The number of aromatic amines is 1. The zero-order chi connectivity index (χ0) is 16.1. The van der Waals surface area contributed by atoms with Crippen molar-refractivity contribution in [2.45, 2.75) is 19.4 Å². The second kappa shape index (κ2) is 4.70. The molecule has 0 atom stereocenters. The van der Waals surface area contributed by atoms with Gasteiger partial charge in [0.05, 0.1) is 0 Å². The van der Waals surface area contributed by atoms with Crippen LogP contribution in [0.3, 0.4) is 0 Å². The first-order chi connectivity index (χ1) is 10.3. The topological polar surface area (TPSA) is 100 Å². The van der Waals surface area contributed by atoms with E-state index in [2.05, 4.69) is 10.2 Å². The van der Waals surface area contributed by atoms with Crippen molar-refractivity contribution in [3.8, 4) is 5.69 Å². The Morgan fingerprint density at radius 3 is 2.32 bits per heavy atom. The number of aliphatic hydroxyl groups is 1. The number of aliphatic hydroxyl groups excluding tert-OH is 1. The Hall–Kier alpha value is -2.61. The van der Waals surface area contributed by atoms with E-state index >= 15 is 0 Å². The molecule has 3 rings (SSSR count). The van der Waals surface area contributed by atoms with Crippen LogP contribution in [0.1, 0.15) is 13.8 Å². The maximum atomic E-state index is 12.2. The van der Waals surface area contributed by atoms with E-state index in [1.54, 1.807) is 36.9 Å². The summed E-state index contributed by atoms with van der Waals surface area (Å²) in [6, 6.07) is 7.18. The Morgan fingerprint density at radius 1 is 1.27 bits per heavy atom. The van der Waals surface area contributed by atoms with E-state index in [0.29, 0.717) is 10.5 Å². The van der Waals surface area contributed by atoms with Crippen molar-refractivity contribution < 1.29 is 9.90 Å². The van der Waals surface area contributed by atoms with Gasteiger partial charge < -0.3 is 10.8 Å². The second-order valence-electron chi connectivity index (χ2n) is 5.51. The summed E-state index contributed by atoms with van der Waals surface area (Å²) in [5.41, 5.74) is 6.12. The Labute approximate surface area is 131 Å². The Balaban J connectivity index is 2.00. The molecule has 0 saturated heterocycles. The number of H-pyrrole nitrogens is 1. The highest BCUT2D eigenvalue weighted by Gasteiger charge is 2.45. The molecule has 0 spiro atoms. The molecule has 8 heteroatoms. The molecule has 0 aliphatic carbocycles. The fourth-order valence-electron chi connectivity index (χ4n) is 2.55. The molecule has 1 aliphatic heterocycles. The van der Waals surface area contributed by atoms with Crippen molar-refractivity contribution in [2.75, 3.05) is 4.90 Å². The predicted octanol–water partition coefficient (Wildman–Crippen LogP) is 1.78. The molecular weight excluding hydrogens is 302 g/mol. The third kappa shape index (κ3) is 1.92. The molecule has 0 fully saturated rings. The van der Waals surface area contributed by atoms with Crippen LogP contribution in [-0.2, 0) is 4.79 Å². The summed E-state index contributed by atoms with van der Waals surface area (Å²) in [6.45, 7) is 3.47. The number of nitrogens with one attached hydrogen (secondary N) is 1. The van der Waals surface area contributed by atoms with Gasteiger partial charge >= 0.3 is 0 Å². The number of hydrogen-bond donors (Lipinski definition) is 3. The number of nitrogens with zero attached hydrogens (tertiary/aromatic N) is 3. The third-order valence-corrected chi connectivity index (χ3v) is 4.05. The third-order valence-electron chi connectivity index (χ3n) is 3.77. The SMILES string of the molecule is CC1(C)C(O)=C(N)C(=O)N1c1ccc(-n2cn[nH]c2=S)cc1. The number of amides is 1. The molecule has 2 aromatic rings. The molecule has 0 bridgehead atoms. The normalized spacial score (nSPS) is 17.4. The van der Waals surface area contributed by atoms with Crippen LogP contribution in [0.5, 0.6) is 0 Å². The fourth-order valence-corrected chi connectivity index (χ4v) is 2.75. The van der Waals surface area contributed by atoms with Crippen LogP contribution in [0, 0.1) is 4.77 Å². The standard InChI is InChI=1S/C14H15N5O2S/c1-14(2)11(20)10(15)12(21)19(14)9-5-3-8(4-6-9)18-7-16-17-13(18)22/h3-7,20H,15H2,1-2H3,(H,17,22). The van der Waals surface area contributed by atoms with Crippen LogP contribution in [0.2, 0.25) is 0 Å². The monoisotopic (exact) mass is 317 g/mol. The molecule has 4 N–H and O–H groups in total. The molecule has 2 heterocycles. The van der Waals surface area contributed by atoms with Crippen LogP contribution in [0.25, 0.3) is 5.69 Å². The lowest BCUT2D eigenvalue weighted by atomic mass is 10.0. The molecule has 114 valence electrons. The van der Waals surface area contributed by atoms with Gasteiger partial charge in [-0.2, -0.15) is 5.10 Å². The van der Waals surface area contributed by atoms with E-state index in [9.17, 15) is 9.90 Å². The first-order valence-electron chi connectivity index (χ1n) is 6.60. The number of carbonyl (C=O) groups excluding carboxylic acids is 1. The van der Waals surface area contributed by atoms with Gasteiger partial charge in [-0.1, -0.05) is 0 Å². The highest BCUT2D eigenvalue weighted by molar-refractivity contribution is 7.71. The van der Waals surface area contributed by atoms with Crippen molar-refractivity contribution in [2.24, 2.45) is 5.73 Å². The summed E-state index contributed by atoms with van der Waals surface area (Å²) in [5.74, 6) is -0.520. The average molecular weight is 317 g/mol. The zero-order valence-electron chi connectivity index (χ0n) is 12.1. The quantitative estimate of drug-likeness (QED) is 0.733. The maximum absolute atomic E-state index is 12.2. The molecule has 0 saturated carbocycles. The minimum atomic E-state index is -0.880. The van der Waals surface area contributed by atoms with E-state index in [1.807, 2.05) is 12.1 Å². The van der Waals surface area contributed by atoms with Crippen molar-refractivity contribution in [1.29, 1.82) is 0 Å². The van der Waals surface area contributed by atoms with Gasteiger partial charge in [0.15, 0.2) is 4.77 Å². The summed E-state index contributed by atoms with van der Waals surface area (Å²) < 4.78 is 2.19.